The van der Waals surface area contributed by atoms with Crippen LogP contribution < -0.4 is 5.32 Å². The molecule has 2 rings (SSSR count). The number of rotatable bonds is 4. The van der Waals surface area contributed by atoms with Crippen molar-refractivity contribution in [3.8, 4) is 0 Å². The molecule has 2 N–H and O–H groups in total. The smallest absolute Gasteiger partial charge is 0.255 e. The van der Waals surface area contributed by atoms with E-state index in [0.29, 0.717) is 0 Å². The van der Waals surface area contributed by atoms with Crippen molar-refractivity contribution in [3.63, 3.8) is 0 Å². The molecular weight excluding hydrogens is 250 g/mol. The highest BCUT2D eigenvalue weighted by atomic mass is 16.3. The second kappa shape index (κ2) is 5.88. The Morgan fingerprint density at radius 3 is 2.30 bits per heavy atom. The number of anilines is 1. The lowest BCUT2D eigenvalue weighted by Gasteiger charge is -2.18. The molecule has 0 fully saturated rings. The SMILES string of the molecule is CC(C)(O)C(=O)Nc1ccccc1Cc1ccccc1. The number of hydrogen-bond acceptors (Lipinski definition) is 2. The van der Waals surface area contributed by atoms with Gasteiger partial charge in [0.1, 0.15) is 5.60 Å². The first-order valence-electron chi connectivity index (χ1n) is 6.62. The zero-order chi connectivity index (χ0) is 14.6. The number of aliphatic hydroxyl groups is 1. The summed E-state index contributed by atoms with van der Waals surface area (Å²) in [6, 6.07) is 17.7. The molecule has 1 amide bonds. The molecule has 0 radical (unpaired) electrons. The summed E-state index contributed by atoms with van der Waals surface area (Å²) < 4.78 is 0. The van der Waals surface area contributed by atoms with E-state index in [9.17, 15) is 9.90 Å². The molecule has 0 aliphatic carbocycles. The largest absolute Gasteiger partial charge is 0.381 e. The van der Waals surface area contributed by atoms with Gasteiger partial charge in [-0.3, -0.25) is 4.79 Å². The molecule has 0 spiro atoms. The molecule has 2 aromatic rings. The third kappa shape index (κ3) is 3.68. The van der Waals surface area contributed by atoms with E-state index < -0.39 is 11.5 Å². The summed E-state index contributed by atoms with van der Waals surface area (Å²) in [5.41, 5.74) is 1.55. The Morgan fingerprint density at radius 1 is 1.05 bits per heavy atom. The molecule has 0 heterocycles. The summed E-state index contributed by atoms with van der Waals surface area (Å²) in [6.45, 7) is 2.95. The number of hydrogen-bond donors (Lipinski definition) is 2. The summed E-state index contributed by atoms with van der Waals surface area (Å²) in [5.74, 6) is -0.405. The second-order valence-corrected chi connectivity index (χ2v) is 5.33. The summed E-state index contributed by atoms with van der Waals surface area (Å²) in [5, 5.41) is 12.5. The number of carbonyl (C=O) groups excluding carboxylic acids is 1. The maximum atomic E-state index is 11.9. The van der Waals surface area contributed by atoms with Gasteiger partial charge in [-0.25, -0.2) is 0 Å². The second-order valence-electron chi connectivity index (χ2n) is 5.33. The van der Waals surface area contributed by atoms with Crippen LogP contribution >= 0.6 is 0 Å². The molecule has 3 nitrogen and oxygen atoms in total. The van der Waals surface area contributed by atoms with Crippen LogP contribution in [0.1, 0.15) is 25.0 Å². The van der Waals surface area contributed by atoms with Crippen LogP contribution in [0.25, 0.3) is 0 Å². The summed E-state index contributed by atoms with van der Waals surface area (Å²) in [7, 11) is 0. The van der Waals surface area contributed by atoms with Gasteiger partial charge in [0.15, 0.2) is 0 Å². The van der Waals surface area contributed by atoms with Crippen molar-refractivity contribution in [2.45, 2.75) is 25.9 Å². The van der Waals surface area contributed by atoms with Crippen LogP contribution in [0, 0.1) is 0 Å². The van der Waals surface area contributed by atoms with Gasteiger partial charge in [0.25, 0.3) is 5.91 Å². The standard InChI is InChI=1S/C17H19NO2/c1-17(2,20)16(19)18-15-11-7-6-10-14(15)12-13-8-4-3-5-9-13/h3-11,20H,12H2,1-2H3,(H,18,19). The average molecular weight is 269 g/mol. The van der Waals surface area contributed by atoms with Gasteiger partial charge in [-0.2, -0.15) is 0 Å². The number of nitrogens with one attached hydrogen (secondary N) is 1. The normalized spacial score (nSPS) is 11.2. The van der Waals surface area contributed by atoms with Crippen molar-refractivity contribution in [2.75, 3.05) is 5.32 Å². The Bertz CT molecular complexity index is 585. The van der Waals surface area contributed by atoms with Crippen LogP contribution in [0.2, 0.25) is 0 Å². The highest BCUT2D eigenvalue weighted by Gasteiger charge is 2.24. The quantitative estimate of drug-likeness (QED) is 0.896. The van der Waals surface area contributed by atoms with Crippen molar-refractivity contribution in [1.29, 1.82) is 0 Å². The minimum Gasteiger partial charge on any atom is -0.381 e. The first-order chi connectivity index (χ1) is 9.47. The van der Waals surface area contributed by atoms with E-state index in [1.165, 1.54) is 19.4 Å². The summed E-state index contributed by atoms with van der Waals surface area (Å²) in [4.78, 5) is 11.9. The molecule has 104 valence electrons. The number of carbonyl (C=O) groups is 1. The van der Waals surface area contributed by atoms with E-state index in [0.717, 1.165) is 17.7 Å². The summed E-state index contributed by atoms with van der Waals surface area (Å²) >= 11 is 0. The summed E-state index contributed by atoms with van der Waals surface area (Å²) in [6.07, 6.45) is 0.739. The molecule has 0 atom stereocenters. The Labute approximate surface area is 119 Å². The Morgan fingerprint density at radius 2 is 1.65 bits per heavy atom. The van der Waals surface area contributed by atoms with Crippen LogP contribution in [0.5, 0.6) is 0 Å². The van der Waals surface area contributed by atoms with Gasteiger partial charge in [0.2, 0.25) is 0 Å². The monoisotopic (exact) mass is 269 g/mol. The lowest BCUT2D eigenvalue weighted by atomic mass is 10.0. The lowest BCUT2D eigenvalue weighted by Crippen LogP contribution is -2.36. The van der Waals surface area contributed by atoms with Crippen LogP contribution in [0.15, 0.2) is 54.6 Å². The highest BCUT2D eigenvalue weighted by Crippen LogP contribution is 2.20. The van der Waals surface area contributed by atoms with Crippen molar-refractivity contribution < 1.29 is 9.90 Å². The van der Waals surface area contributed by atoms with Crippen LogP contribution in [0.3, 0.4) is 0 Å². The van der Waals surface area contributed by atoms with Gasteiger partial charge in [-0.15, -0.1) is 0 Å². The zero-order valence-electron chi connectivity index (χ0n) is 11.8. The van der Waals surface area contributed by atoms with Gasteiger partial charge >= 0.3 is 0 Å². The van der Waals surface area contributed by atoms with Gasteiger partial charge in [0.05, 0.1) is 0 Å². The Balaban J connectivity index is 2.21. The maximum absolute atomic E-state index is 11.9. The van der Waals surface area contributed by atoms with E-state index in [1.54, 1.807) is 0 Å². The molecule has 0 aliphatic rings. The molecule has 3 heteroatoms. The third-order valence-corrected chi connectivity index (χ3v) is 3.06. The number of para-hydroxylation sites is 1. The van der Waals surface area contributed by atoms with E-state index in [-0.39, 0.29) is 0 Å². The minimum absolute atomic E-state index is 0.405. The molecule has 0 saturated heterocycles. The van der Waals surface area contributed by atoms with Crippen molar-refractivity contribution in [1.82, 2.24) is 0 Å². The van der Waals surface area contributed by atoms with E-state index >= 15 is 0 Å². The number of benzene rings is 2. The van der Waals surface area contributed by atoms with E-state index in [1.807, 2.05) is 42.5 Å². The first kappa shape index (κ1) is 14.3. The first-order valence-corrected chi connectivity index (χ1v) is 6.62. The molecule has 2 aromatic carbocycles. The van der Waals surface area contributed by atoms with Crippen LogP contribution in [-0.2, 0) is 11.2 Å². The maximum Gasteiger partial charge on any atom is 0.255 e. The fourth-order valence-electron chi connectivity index (χ4n) is 1.89. The predicted octanol–water partition coefficient (Wildman–Crippen LogP) is 2.99. The Hall–Kier alpha value is -2.13. The minimum atomic E-state index is -1.39. The zero-order valence-corrected chi connectivity index (χ0v) is 11.8. The van der Waals surface area contributed by atoms with Gasteiger partial charge in [0, 0.05) is 5.69 Å². The molecule has 0 unspecified atom stereocenters. The highest BCUT2D eigenvalue weighted by molar-refractivity contribution is 5.97. The number of amides is 1. The predicted molar refractivity (Wildman–Crippen MR) is 80.6 cm³/mol. The van der Waals surface area contributed by atoms with Gasteiger partial charge in [-0.1, -0.05) is 48.5 Å². The third-order valence-electron chi connectivity index (χ3n) is 3.06. The van der Waals surface area contributed by atoms with Gasteiger partial charge in [-0.05, 0) is 37.5 Å². The van der Waals surface area contributed by atoms with Crippen molar-refractivity contribution >= 4 is 11.6 Å². The van der Waals surface area contributed by atoms with Crippen LogP contribution in [-0.4, -0.2) is 16.6 Å². The van der Waals surface area contributed by atoms with Gasteiger partial charge < -0.3 is 10.4 Å². The van der Waals surface area contributed by atoms with E-state index in [4.69, 9.17) is 0 Å². The molecule has 0 bridgehead atoms. The molecule has 20 heavy (non-hydrogen) atoms. The topological polar surface area (TPSA) is 49.3 Å². The molecule has 0 aliphatic heterocycles. The molecule has 0 aromatic heterocycles. The van der Waals surface area contributed by atoms with Crippen molar-refractivity contribution in [2.24, 2.45) is 0 Å². The fourth-order valence-corrected chi connectivity index (χ4v) is 1.89. The fraction of sp³-hybridized carbons (Fsp3) is 0.235. The van der Waals surface area contributed by atoms with Crippen molar-refractivity contribution in [3.05, 3.63) is 65.7 Å². The molecule has 0 saturated carbocycles. The average Bonchev–Trinajstić information content (AvgIpc) is 2.41. The Kier molecular flexibility index (Phi) is 4.20. The van der Waals surface area contributed by atoms with E-state index in [2.05, 4.69) is 17.4 Å². The lowest BCUT2D eigenvalue weighted by molar-refractivity contribution is -0.130. The molecular formula is C17H19NO2. The van der Waals surface area contributed by atoms with Crippen LogP contribution in [0.4, 0.5) is 5.69 Å².